The van der Waals surface area contributed by atoms with Crippen molar-refractivity contribution < 1.29 is 18.4 Å². The van der Waals surface area contributed by atoms with Crippen molar-refractivity contribution >= 4 is 45.4 Å². The fraction of sp³-hybridized carbons (Fsp3) is 0. The van der Waals surface area contributed by atoms with Crippen LogP contribution >= 0.6 is 11.3 Å². The van der Waals surface area contributed by atoms with E-state index in [4.69, 9.17) is 0 Å². The molecule has 0 spiro atoms. The van der Waals surface area contributed by atoms with Gasteiger partial charge in [0.15, 0.2) is 24.2 Å². The molecule has 0 aliphatic heterocycles. The van der Waals surface area contributed by atoms with Gasteiger partial charge in [0, 0.05) is 16.0 Å². The van der Waals surface area contributed by atoms with Gasteiger partial charge in [-0.05, 0) is 41.1 Å². The van der Waals surface area contributed by atoms with Crippen LogP contribution in [0.2, 0.25) is 0 Å². The molecular formula is C16H9F2NO2S. The molecule has 0 fully saturated rings. The maximum absolute atomic E-state index is 14.1. The summed E-state index contributed by atoms with van der Waals surface area (Å²) in [7, 11) is 0. The standard InChI is InChI=1S/C16H9F2NO2S/c17-14-10(7-20)5-11(8-21)16(15(14)18)19-12-1-2-13-9(6-12)3-4-22-13/h1-8,19H. The number of rotatable bonds is 4. The number of aldehydes is 2. The third-order valence-electron chi connectivity index (χ3n) is 3.24. The summed E-state index contributed by atoms with van der Waals surface area (Å²) in [5.41, 5.74) is -0.372. The molecule has 0 unspecified atom stereocenters. The van der Waals surface area contributed by atoms with Gasteiger partial charge in [-0.3, -0.25) is 9.59 Å². The minimum absolute atomic E-state index is 0.119. The summed E-state index contributed by atoms with van der Waals surface area (Å²) >= 11 is 1.56. The first kappa shape index (κ1) is 14.3. The normalized spacial score (nSPS) is 10.6. The molecule has 3 nitrogen and oxygen atoms in total. The van der Waals surface area contributed by atoms with Gasteiger partial charge in [0.05, 0.1) is 11.3 Å². The predicted molar refractivity (Wildman–Crippen MR) is 82.2 cm³/mol. The third-order valence-corrected chi connectivity index (χ3v) is 4.14. The Bertz CT molecular complexity index is 889. The Balaban J connectivity index is 2.09. The third kappa shape index (κ3) is 2.37. The van der Waals surface area contributed by atoms with Crippen LogP contribution in [0.4, 0.5) is 20.2 Å². The van der Waals surface area contributed by atoms with Crippen LogP contribution in [0, 0.1) is 11.6 Å². The quantitative estimate of drug-likeness (QED) is 0.718. The number of hydrogen-bond donors (Lipinski definition) is 1. The predicted octanol–water partition coefficient (Wildman–Crippen LogP) is 4.55. The first-order chi connectivity index (χ1) is 10.6. The minimum atomic E-state index is -1.28. The van der Waals surface area contributed by atoms with Gasteiger partial charge in [0.25, 0.3) is 0 Å². The number of carbonyl (C=O) groups excluding carboxylic acids is 2. The maximum Gasteiger partial charge on any atom is 0.183 e. The summed E-state index contributed by atoms with van der Waals surface area (Å²) in [4.78, 5) is 21.8. The van der Waals surface area contributed by atoms with E-state index in [-0.39, 0.29) is 17.5 Å². The van der Waals surface area contributed by atoms with Crippen LogP contribution < -0.4 is 5.32 Å². The number of hydrogen-bond acceptors (Lipinski definition) is 4. The highest BCUT2D eigenvalue weighted by molar-refractivity contribution is 7.17. The molecular weight excluding hydrogens is 308 g/mol. The molecule has 0 saturated heterocycles. The molecule has 0 saturated carbocycles. The van der Waals surface area contributed by atoms with Crippen LogP contribution in [-0.4, -0.2) is 12.6 Å². The zero-order valence-electron chi connectivity index (χ0n) is 11.1. The molecule has 1 aromatic heterocycles. The van der Waals surface area contributed by atoms with Gasteiger partial charge in [-0.25, -0.2) is 8.78 Å². The van der Waals surface area contributed by atoms with Crippen molar-refractivity contribution in [1.82, 2.24) is 0 Å². The second kappa shape index (κ2) is 5.65. The van der Waals surface area contributed by atoms with Crippen LogP contribution in [0.5, 0.6) is 0 Å². The molecule has 0 bridgehead atoms. The molecule has 2 aromatic carbocycles. The second-order valence-electron chi connectivity index (χ2n) is 4.59. The Morgan fingerprint density at radius 2 is 1.73 bits per heavy atom. The molecule has 110 valence electrons. The average molecular weight is 317 g/mol. The lowest BCUT2D eigenvalue weighted by Gasteiger charge is -2.12. The number of thiophene rings is 1. The van der Waals surface area contributed by atoms with Gasteiger partial charge < -0.3 is 5.32 Å². The molecule has 0 atom stereocenters. The number of benzene rings is 2. The largest absolute Gasteiger partial charge is 0.352 e. The fourth-order valence-corrected chi connectivity index (χ4v) is 2.93. The molecule has 6 heteroatoms. The van der Waals surface area contributed by atoms with Crippen LogP contribution in [-0.2, 0) is 0 Å². The van der Waals surface area contributed by atoms with E-state index in [1.807, 2.05) is 17.5 Å². The van der Waals surface area contributed by atoms with E-state index in [0.717, 1.165) is 16.2 Å². The summed E-state index contributed by atoms with van der Waals surface area (Å²) < 4.78 is 28.9. The highest BCUT2D eigenvalue weighted by atomic mass is 32.1. The van der Waals surface area contributed by atoms with Crippen LogP contribution in [0.1, 0.15) is 20.7 Å². The smallest absolute Gasteiger partial charge is 0.183 e. The topological polar surface area (TPSA) is 46.2 Å². The van der Waals surface area contributed by atoms with Crippen molar-refractivity contribution in [2.24, 2.45) is 0 Å². The van der Waals surface area contributed by atoms with Gasteiger partial charge in [0.2, 0.25) is 0 Å². The highest BCUT2D eigenvalue weighted by Gasteiger charge is 2.18. The number of fused-ring (bicyclic) bond motifs is 1. The minimum Gasteiger partial charge on any atom is -0.352 e. The number of halogens is 2. The summed E-state index contributed by atoms with van der Waals surface area (Å²) in [5, 5.41) is 5.58. The first-order valence-electron chi connectivity index (χ1n) is 6.30. The van der Waals surface area contributed by atoms with Crippen LogP contribution in [0.3, 0.4) is 0 Å². The lowest BCUT2D eigenvalue weighted by molar-refractivity contribution is 0.111. The van der Waals surface area contributed by atoms with Crippen molar-refractivity contribution in [1.29, 1.82) is 0 Å². The van der Waals surface area contributed by atoms with Gasteiger partial charge in [-0.2, -0.15) is 0 Å². The molecule has 1 N–H and O–H groups in total. The molecule has 0 aliphatic rings. The fourth-order valence-electron chi connectivity index (χ4n) is 2.16. The van der Waals surface area contributed by atoms with Gasteiger partial charge in [-0.1, -0.05) is 0 Å². The van der Waals surface area contributed by atoms with Crippen LogP contribution in [0.15, 0.2) is 35.7 Å². The zero-order chi connectivity index (χ0) is 15.7. The summed E-state index contributed by atoms with van der Waals surface area (Å²) in [6, 6.07) is 8.24. The molecule has 0 amide bonds. The number of anilines is 2. The lowest BCUT2D eigenvalue weighted by atomic mass is 10.1. The average Bonchev–Trinajstić information content (AvgIpc) is 3.00. The van der Waals surface area contributed by atoms with Crippen LogP contribution in [0.25, 0.3) is 10.1 Å². The van der Waals surface area contributed by atoms with Crippen molar-refractivity contribution in [2.75, 3.05) is 5.32 Å². The Kier molecular flexibility index (Phi) is 3.68. The Morgan fingerprint density at radius 3 is 2.45 bits per heavy atom. The zero-order valence-corrected chi connectivity index (χ0v) is 11.9. The van der Waals surface area contributed by atoms with Crippen molar-refractivity contribution in [3.63, 3.8) is 0 Å². The summed E-state index contributed by atoms with van der Waals surface area (Å²) in [6.07, 6.45) is 0.549. The maximum atomic E-state index is 14.1. The van der Waals surface area contributed by atoms with E-state index >= 15 is 0 Å². The van der Waals surface area contributed by atoms with E-state index in [0.29, 0.717) is 12.0 Å². The SMILES string of the molecule is O=Cc1cc(C=O)c(Nc2ccc3sccc3c2)c(F)c1F. The van der Waals surface area contributed by atoms with E-state index in [1.165, 1.54) is 0 Å². The molecule has 3 aromatic rings. The molecule has 3 rings (SSSR count). The molecule has 0 aliphatic carbocycles. The van der Waals surface area contributed by atoms with E-state index in [1.54, 1.807) is 23.5 Å². The van der Waals surface area contributed by atoms with Gasteiger partial charge in [-0.15, -0.1) is 11.3 Å². The summed E-state index contributed by atoms with van der Waals surface area (Å²) in [6.45, 7) is 0. The lowest BCUT2D eigenvalue weighted by Crippen LogP contribution is -2.04. The molecule has 0 radical (unpaired) electrons. The van der Waals surface area contributed by atoms with Crippen molar-refractivity contribution in [2.45, 2.75) is 0 Å². The van der Waals surface area contributed by atoms with E-state index < -0.39 is 17.2 Å². The number of nitrogens with one attached hydrogen (secondary N) is 1. The molecule has 1 heterocycles. The van der Waals surface area contributed by atoms with Gasteiger partial charge in [0.1, 0.15) is 0 Å². The molecule has 22 heavy (non-hydrogen) atoms. The Labute approximate surface area is 128 Å². The first-order valence-corrected chi connectivity index (χ1v) is 7.18. The van der Waals surface area contributed by atoms with E-state index in [2.05, 4.69) is 5.32 Å². The number of carbonyl (C=O) groups is 2. The monoisotopic (exact) mass is 317 g/mol. The van der Waals surface area contributed by atoms with Crippen molar-refractivity contribution in [3.05, 3.63) is 58.5 Å². The second-order valence-corrected chi connectivity index (χ2v) is 5.54. The van der Waals surface area contributed by atoms with Gasteiger partial charge >= 0.3 is 0 Å². The van der Waals surface area contributed by atoms with E-state index in [9.17, 15) is 18.4 Å². The highest BCUT2D eigenvalue weighted by Crippen LogP contribution is 2.30. The Morgan fingerprint density at radius 1 is 0.955 bits per heavy atom. The Hall–Kier alpha value is -2.60. The van der Waals surface area contributed by atoms with Crippen molar-refractivity contribution in [3.8, 4) is 0 Å². The summed E-state index contributed by atoms with van der Waals surface area (Å²) in [5.74, 6) is -2.53.